The molecule has 0 bridgehead atoms. The topological polar surface area (TPSA) is 47.3 Å². The van der Waals surface area contributed by atoms with Crippen LogP contribution < -0.4 is 5.48 Å². The molecule has 0 saturated carbocycles. The first-order valence-electron chi connectivity index (χ1n) is 3.07. The number of aromatic nitrogens is 1. The molecule has 11 heavy (non-hydrogen) atoms. The van der Waals surface area contributed by atoms with Crippen molar-refractivity contribution in [2.24, 2.45) is 0 Å². The lowest BCUT2D eigenvalue weighted by Crippen LogP contribution is -2.11. The number of nitrogens with one attached hydrogen (secondary N) is 1. The van der Waals surface area contributed by atoms with Gasteiger partial charge in [0.15, 0.2) is 0 Å². The lowest BCUT2D eigenvalue weighted by molar-refractivity contribution is 0.181. The summed E-state index contributed by atoms with van der Waals surface area (Å²) in [5.41, 5.74) is 4.09. The molecule has 0 aliphatic carbocycles. The van der Waals surface area contributed by atoms with Crippen molar-refractivity contribution < 1.29 is 9.25 Å². The molecular weight excluding hydrogens is 144 g/mol. The second-order valence-corrected chi connectivity index (χ2v) is 1.95. The van der Waals surface area contributed by atoms with Crippen molar-refractivity contribution in [3.63, 3.8) is 0 Å². The quantitative estimate of drug-likeness (QED) is 0.643. The molecule has 55 valence electrons. The van der Waals surface area contributed by atoms with E-state index in [0.29, 0.717) is 5.69 Å². The van der Waals surface area contributed by atoms with E-state index in [1.165, 1.54) is 12.5 Å². The Morgan fingerprint density at radius 3 is 3.18 bits per heavy atom. The van der Waals surface area contributed by atoms with Gasteiger partial charge in [-0.05, 0) is 12.2 Å². The molecule has 1 aliphatic heterocycles. The van der Waals surface area contributed by atoms with Crippen molar-refractivity contribution in [1.29, 1.82) is 0 Å². The number of oxazole rings is 1. The molecule has 1 N–H and O–H groups in total. The van der Waals surface area contributed by atoms with Crippen molar-refractivity contribution in [3.8, 4) is 0 Å². The summed E-state index contributed by atoms with van der Waals surface area (Å²) in [4.78, 5) is 8.62. The van der Waals surface area contributed by atoms with Crippen molar-refractivity contribution >= 4 is 5.70 Å². The maximum atomic E-state index is 4.81. The van der Waals surface area contributed by atoms with Gasteiger partial charge in [0.05, 0.1) is 0 Å². The fourth-order valence-electron chi connectivity index (χ4n) is 0.752. The lowest BCUT2D eigenvalue weighted by atomic mass is 10.3. The molecular formula is C7H5N2O2. The molecule has 1 aliphatic rings. The minimum absolute atomic E-state index is 0.675. The third-order valence-corrected chi connectivity index (χ3v) is 1.24. The maximum absolute atomic E-state index is 4.81. The molecule has 1 radical (unpaired) electrons. The second-order valence-electron chi connectivity index (χ2n) is 1.95. The minimum Gasteiger partial charge on any atom is -0.440 e. The Balaban J connectivity index is 2.29. The van der Waals surface area contributed by atoms with Crippen LogP contribution in [0.1, 0.15) is 5.69 Å². The number of hydrogen-bond donors (Lipinski definition) is 1. The molecule has 0 atom stereocenters. The molecule has 2 heterocycles. The molecule has 0 aromatic carbocycles. The summed E-state index contributed by atoms with van der Waals surface area (Å²) < 4.78 is 4.67. The van der Waals surface area contributed by atoms with Gasteiger partial charge in [0, 0.05) is 0 Å². The van der Waals surface area contributed by atoms with Gasteiger partial charge in [-0.2, -0.15) is 0 Å². The lowest BCUT2D eigenvalue weighted by Gasteiger charge is -2.08. The maximum Gasteiger partial charge on any atom is 0.284 e. The van der Waals surface area contributed by atoms with Crippen LogP contribution in [0.5, 0.6) is 0 Å². The average Bonchev–Trinajstić information content (AvgIpc) is 2.58. The van der Waals surface area contributed by atoms with Gasteiger partial charge >= 0.3 is 0 Å². The summed E-state index contributed by atoms with van der Waals surface area (Å²) >= 11 is 0. The number of hydrogen-bond acceptors (Lipinski definition) is 4. The Bertz CT molecular complexity index is 287. The van der Waals surface area contributed by atoms with Gasteiger partial charge in [-0.1, -0.05) is 0 Å². The van der Waals surface area contributed by atoms with Crippen LogP contribution >= 0.6 is 0 Å². The summed E-state index contributed by atoms with van der Waals surface area (Å²) in [6, 6.07) is 0. The van der Waals surface area contributed by atoms with E-state index in [1.54, 1.807) is 6.08 Å². The highest BCUT2D eigenvalue weighted by Gasteiger charge is 2.05. The summed E-state index contributed by atoms with van der Waals surface area (Å²) in [5.74, 6) is 0. The summed E-state index contributed by atoms with van der Waals surface area (Å²) in [6.45, 7) is 0. The predicted molar refractivity (Wildman–Crippen MR) is 36.7 cm³/mol. The zero-order valence-corrected chi connectivity index (χ0v) is 5.57. The highest BCUT2D eigenvalue weighted by molar-refractivity contribution is 5.61. The number of nitrogens with zero attached hydrogens (tertiary/aromatic N) is 1. The molecule has 0 spiro atoms. The van der Waals surface area contributed by atoms with Crippen LogP contribution in [-0.4, -0.2) is 4.98 Å². The van der Waals surface area contributed by atoms with Crippen molar-refractivity contribution in [2.45, 2.75) is 0 Å². The van der Waals surface area contributed by atoms with Crippen molar-refractivity contribution in [1.82, 2.24) is 10.5 Å². The predicted octanol–water partition coefficient (Wildman–Crippen LogP) is 0.864. The van der Waals surface area contributed by atoms with Gasteiger partial charge in [-0.3, -0.25) is 0 Å². The molecule has 1 aromatic rings. The SMILES string of the molecule is [c]1nc(C2=CC=CON2)co1. The fourth-order valence-corrected chi connectivity index (χ4v) is 0.752. The van der Waals surface area contributed by atoms with E-state index in [2.05, 4.69) is 21.3 Å². The molecule has 0 unspecified atom stereocenters. The van der Waals surface area contributed by atoms with Gasteiger partial charge in [0.2, 0.25) is 0 Å². The third-order valence-electron chi connectivity index (χ3n) is 1.24. The van der Waals surface area contributed by atoms with Crippen LogP contribution in [0, 0.1) is 6.39 Å². The molecule has 0 fully saturated rings. The van der Waals surface area contributed by atoms with Crippen molar-refractivity contribution in [2.75, 3.05) is 0 Å². The third kappa shape index (κ3) is 1.10. The van der Waals surface area contributed by atoms with E-state index < -0.39 is 0 Å². The van der Waals surface area contributed by atoms with Crippen LogP contribution in [0.25, 0.3) is 5.70 Å². The molecule has 4 nitrogen and oxygen atoms in total. The second kappa shape index (κ2) is 2.49. The standard InChI is InChI=1S/C7H5N2O2/c1-2-6(9-11-3-1)7-4-10-5-8-7/h1-4,9H. The Kier molecular flexibility index (Phi) is 1.37. The van der Waals surface area contributed by atoms with Crippen LogP contribution in [0.15, 0.2) is 29.1 Å². The highest BCUT2D eigenvalue weighted by Crippen LogP contribution is 2.10. The number of hydroxylamine groups is 1. The summed E-state index contributed by atoms with van der Waals surface area (Å²) in [6.07, 6.45) is 8.96. The zero-order chi connectivity index (χ0) is 7.52. The molecule has 2 rings (SSSR count). The first-order valence-corrected chi connectivity index (χ1v) is 3.07. The van der Waals surface area contributed by atoms with Gasteiger partial charge < -0.3 is 9.25 Å². The molecule has 0 amide bonds. The smallest absolute Gasteiger partial charge is 0.284 e. The highest BCUT2D eigenvalue weighted by atomic mass is 16.6. The Morgan fingerprint density at radius 1 is 1.55 bits per heavy atom. The van der Waals surface area contributed by atoms with Crippen molar-refractivity contribution in [3.05, 3.63) is 36.8 Å². The number of allylic oxidation sites excluding steroid dienone is 2. The van der Waals surface area contributed by atoms with E-state index in [1.807, 2.05) is 6.08 Å². The van der Waals surface area contributed by atoms with E-state index in [0.717, 1.165) is 5.70 Å². The van der Waals surface area contributed by atoms with Gasteiger partial charge in [-0.25, -0.2) is 10.5 Å². The molecule has 4 heteroatoms. The first kappa shape index (κ1) is 6.03. The van der Waals surface area contributed by atoms with Gasteiger partial charge in [-0.15, -0.1) is 0 Å². The largest absolute Gasteiger partial charge is 0.440 e. The van der Waals surface area contributed by atoms with Crippen LogP contribution in [-0.2, 0) is 4.84 Å². The van der Waals surface area contributed by atoms with Gasteiger partial charge in [0.1, 0.15) is 23.9 Å². The van der Waals surface area contributed by atoms with E-state index in [9.17, 15) is 0 Å². The first-order chi connectivity index (χ1) is 5.47. The van der Waals surface area contributed by atoms with Crippen LogP contribution in [0.2, 0.25) is 0 Å². The Morgan fingerprint density at radius 2 is 2.55 bits per heavy atom. The van der Waals surface area contributed by atoms with E-state index >= 15 is 0 Å². The normalized spacial score (nSPS) is 15.1. The fraction of sp³-hybridized carbons (Fsp3) is 0. The summed E-state index contributed by atoms with van der Waals surface area (Å²) in [7, 11) is 0. The number of rotatable bonds is 1. The van der Waals surface area contributed by atoms with Gasteiger partial charge in [0.25, 0.3) is 6.39 Å². The zero-order valence-electron chi connectivity index (χ0n) is 5.57. The molecule has 0 saturated heterocycles. The molecule has 1 aromatic heterocycles. The monoisotopic (exact) mass is 149 g/mol. The van der Waals surface area contributed by atoms with Crippen LogP contribution in [0.4, 0.5) is 0 Å². The van der Waals surface area contributed by atoms with E-state index in [4.69, 9.17) is 4.84 Å². The minimum atomic E-state index is 0.675. The average molecular weight is 149 g/mol. The van der Waals surface area contributed by atoms with Crippen LogP contribution in [0.3, 0.4) is 0 Å². The van der Waals surface area contributed by atoms with E-state index in [-0.39, 0.29) is 0 Å². The Labute approximate surface area is 63.1 Å². The summed E-state index contributed by atoms with van der Waals surface area (Å²) in [5, 5.41) is 0. The Hall–Kier alpha value is -1.71.